The number of amides is 1. The van der Waals surface area contributed by atoms with E-state index in [0.29, 0.717) is 17.2 Å². The minimum absolute atomic E-state index is 0.0522. The lowest BCUT2D eigenvalue weighted by atomic mass is 10.1. The van der Waals surface area contributed by atoms with Crippen LogP contribution >= 0.6 is 11.6 Å². The van der Waals surface area contributed by atoms with Gasteiger partial charge in [0.1, 0.15) is 5.82 Å². The summed E-state index contributed by atoms with van der Waals surface area (Å²) in [7, 11) is 1.84. The molecule has 0 bridgehead atoms. The highest BCUT2D eigenvalue weighted by molar-refractivity contribution is 6.30. The number of aromatic nitrogens is 3. The summed E-state index contributed by atoms with van der Waals surface area (Å²) in [4.78, 5) is 17.1. The van der Waals surface area contributed by atoms with Gasteiger partial charge in [-0.05, 0) is 43.0 Å². The summed E-state index contributed by atoms with van der Waals surface area (Å²) in [5, 5.41) is 7.94. The third-order valence-electron chi connectivity index (χ3n) is 5.32. The van der Waals surface area contributed by atoms with Crippen LogP contribution in [-0.4, -0.2) is 32.8 Å². The largest absolute Gasteiger partial charge is 0.383 e. The molecule has 0 spiro atoms. The summed E-state index contributed by atoms with van der Waals surface area (Å²) in [6.07, 6.45) is 7.95. The number of anilines is 1. The Labute approximate surface area is 180 Å². The summed E-state index contributed by atoms with van der Waals surface area (Å²) in [5.74, 6) is -0.0384. The fraction of sp³-hybridized carbons (Fsp3) is 0.318. The van der Waals surface area contributed by atoms with Gasteiger partial charge >= 0.3 is 0 Å². The lowest BCUT2D eigenvalue weighted by Gasteiger charge is -2.22. The average Bonchev–Trinajstić information content (AvgIpc) is 3.35. The van der Waals surface area contributed by atoms with E-state index in [1.54, 1.807) is 23.1 Å². The van der Waals surface area contributed by atoms with Crippen LogP contribution in [0.25, 0.3) is 11.1 Å². The van der Waals surface area contributed by atoms with Crippen molar-refractivity contribution < 1.29 is 9.53 Å². The van der Waals surface area contributed by atoms with Crippen molar-refractivity contribution in [1.29, 1.82) is 0 Å². The number of carbonyl (C=O) groups is 1. The van der Waals surface area contributed by atoms with Gasteiger partial charge in [0.25, 0.3) is 5.91 Å². The Morgan fingerprint density at radius 3 is 2.93 bits per heavy atom. The fourth-order valence-electron chi connectivity index (χ4n) is 3.75. The van der Waals surface area contributed by atoms with E-state index in [2.05, 4.69) is 15.4 Å². The van der Waals surface area contributed by atoms with E-state index in [1.807, 2.05) is 37.5 Å². The van der Waals surface area contributed by atoms with E-state index in [-0.39, 0.29) is 23.9 Å². The Balaban J connectivity index is 1.43. The Morgan fingerprint density at radius 1 is 1.30 bits per heavy atom. The summed E-state index contributed by atoms with van der Waals surface area (Å²) in [5.41, 5.74) is 9.04. The van der Waals surface area contributed by atoms with Crippen molar-refractivity contribution in [3.8, 4) is 11.1 Å². The van der Waals surface area contributed by atoms with Crippen LogP contribution < -0.4 is 11.1 Å². The first kappa shape index (κ1) is 20.4. The number of rotatable bonds is 6. The van der Waals surface area contributed by atoms with E-state index in [9.17, 15) is 4.79 Å². The molecule has 1 aliphatic rings. The van der Waals surface area contributed by atoms with E-state index < -0.39 is 0 Å². The number of aryl methyl sites for hydroxylation is 1. The molecule has 2 heterocycles. The molecule has 1 aliphatic carbocycles. The van der Waals surface area contributed by atoms with Gasteiger partial charge in [0, 0.05) is 35.6 Å². The third kappa shape index (κ3) is 4.63. The van der Waals surface area contributed by atoms with Gasteiger partial charge in [-0.25, -0.2) is 4.98 Å². The highest BCUT2D eigenvalue weighted by Crippen LogP contribution is 2.26. The molecule has 0 saturated heterocycles. The van der Waals surface area contributed by atoms with Crippen molar-refractivity contribution in [1.82, 2.24) is 20.1 Å². The van der Waals surface area contributed by atoms with Crippen molar-refractivity contribution in [2.24, 2.45) is 7.05 Å². The highest BCUT2D eigenvalue weighted by Gasteiger charge is 2.30. The van der Waals surface area contributed by atoms with Crippen LogP contribution in [0.3, 0.4) is 0 Å². The van der Waals surface area contributed by atoms with Crippen molar-refractivity contribution in [2.45, 2.75) is 38.0 Å². The first-order valence-corrected chi connectivity index (χ1v) is 10.3. The number of halogens is 1. The fourth-order valence-corrected chi connectivity index (χ4v) is 3.97. The summed E-state index contributed by atoms with van der Waals surface area (Å²) < 4.78 is 7.79. The number of hydrogen-bond acceptors (Lipinski definition) is 5. The zero-order chi connectivity index (χ0) is 21.1. The Morgan fingerprint density at radius 2 is 2.17 bits per heavy atom. The molecule has 4 rings (SSSR count). The van der Waals surface area contributed by atoms with Crippen LogP contribution in [0.5, 0.6) is 0 Å². The summed E-state index contributed by atoms with van der Waals surface area (Å²) in [6.45, 7) is 0.456. The lowest BCUT2D eigenvalue weighted by molar-refractivity contribution is 0.0272. The normalized spacial score (nSPS) is 18.5. The monoisotopic (exact) mass is 425 g/mol. The molecule has 30 heavy (non-hydrogen) atoms. The molecule has 1 aromatic carbocycles. The quantitative estimate of drug-likeness (QED) is 0.629. The standard InChI is InChI=1S/C22H24ClN5O2/c1-28-12-16(11-26-28)15-9-18(21(24)25-10-15)22(29)27-19-6-3-7-20(19)30-13-14-4-2-5-17(23)8-14/h2,4-5,8-12,19-20H,3,6-7,13H2,1H3,(H2,24,25)(H,27,29)/t19-,20-/m1/s1. The van der Waals surface area contributed by atoms with E-state index in [4.69, 9.17) is 22.1 Å². The molecule has 1 fully saturated rings. The molecule has 1 saturated carbocycles. The number of hydrogen-bond donors (Lipinski definition) is 2. The topological polar surface area (TPSA) is 95.1 Å². The highest BCUT2D eigenvalue weighted by atomic mass is 35.5. The van der Waals surface area contributed by atoms with Gasteiger partial charge in [-0.2, -0.15) is 5.10 Å². The molecule has 156 valence electrons. The number of nitrogens with one attached hydrogen (secondary N) is 1. The second-order valence-corrected chi connectivity index (χ2v) is 7.99. The second-order valence-electron chi connectivity index (χ2n) is 7.55. The molecule has 8 heteroatoms. The number of carbonyl (C=O) groups excluding carboxylic acids is 1. The first-order chi connectivity index (χ1) is 14.5. The molecule has 0 aliphatic heterocycles. The molecule has 7 nitrogen and oxygen atoms in total. The number of pyridine rings is 1. The summed E-state index contributed by atoms with van der Waals surface area (Å²) in [6, 6.07) is 9.29. The van der Waals surface area contributed by atoms with Crippen LogP contribution in [0.2, 0.25) is 5.02 Å². The molecule has 0 unspecified atom stereocenters. The Kier molecular flexibility index (Phi) is 6.01. The van der Waals surface area contributed by atoms with Crippen LogP contribution in [0.15, 0.2) is 48.9 Å². The zero-order valence-electron chi connectivity index (χ0n) is 16.7. The third-order valence-corrected chi connectivity index (χ3v) is 5.56. The Bertz CT molecular complexity index is 1050. The molecule has 0 radical (unpaired) electrons. The van der Waals surface area contributed by atoms with Crippen LogP contribution in [-0.2, 0) is 18.4 Å². The van der Waals surface area contributed by atoms with Gasteiger partial charge < -0.3 is 15.8 Å². The average molecular weight is 426 g/mol. The van der Waals surface area contributed by atoms with Crippen LogP contribution in [0.4, 0.5) is 5.82 Å². The second kappa shape index (κ2) is 8.85. The molecule has 1 amide bonds. The van der Waals surface area contributed by atoms with Crippen molar-refractivity contribution in [3.05, 3.63) is 65.1 Å². The van der Waals surface area contributed by atoms with Gasteiger partial charge in [0.15, 0.2) is 0 Å². The first-order valence-electron chi connectivity index (χ1n) is 9.91. The molecule has 2 atom stereocenters. The van der Waals surface area contributed by atoms with E-state index >= 15 is 0 Å². The Hall–Kier alpha value is -2.90. The minimum Gasteiger partial charge on any atom is -0.383 e. The smallest absolute Gasteiger partial charge is 0.255 e. The number of ether oxygens (including phenoxy) is 1. The molecular formula is C22H24ClN5O2. The van der Waals surface area contributed by atoms with Crippen molar-refractivity contribution in [3.63, 3.8) is 0 Å². The van der Waals surface area contributed by atoms with Gasteiger partial charge in [-0.1, -0.05) is 23.7 Å². The maximum Gasteiger partial charge on any atom is 0.255 e. The zero-order valence-corrected chi connectivity index (χ0v) is 17.5. The van der Waals surface area contributed by atoms with Gasteiger partial charge in [-0.3, -0.25) is 9.48 Å². The predicted octanol–water partition coefficient (Wildman–Crippen LogP) is 3.59. The number of nitrogens with zero attached hydrogens (tertiary/aromatic N) is 3. The summed E-state index contributed by atoms with van der Waals surface area (Å²) >= 11 is 6.04. The number of nitrogens with two attached hydrogens (primary N) is 1. The van der Waals surface area contributed by atoms with Gasteiger partial charge in [0.2, 0.25) is 0 Å². The van der Waals surface area contributed by atoms with E-state index in [0.717, 1.165) is 36.0 Å². The molecule has 3 aromatic rings. The van der Waals surface area contributed by atoms with Crippen molar-refractivity contribution >= 4 is 23.3 Å². The molecule has 3 N–H and O–H groups in total. The number of benzene rings is 1. The van der Waals surface area contributed by atoms with Gasteiger partial charge in [0.05, 0.1) is 30.5 Å². The SMILES string of the molecule is Cn1cc(-c2cnc(N)c(C(=O)N[C@@H]3CCC[C@H]3OCc3cccc(Cl)c3)c2)cn1. The van der Waals surface area contributed by atoms with Crippen LogP contribution in [0, 0.1) is 0 Å². The van der Waals surface area contributed by atoms with Crippen LogP contribution in [0.1, 0.15) is 35.2 Å². The predicted molar refractivity (Wildman–Crippen MR) is 116 cm³/mol. The minimum atomic E-state index is -0.242. The van der Waals surface area contributed by atoms with Gasteiger partial charge in [-0.15, -0.1) is 0 Å². The molecule has 2 aromatic heterocycles. The molecular weight excluding hydrogens is 402 g/mol. The van der Waals surface area contributed by atoms with Crippen molar-refractivity contribution in [2.75, 3.05) is 5.73 Å². The lowest BCUT2D eigenvalue weighted by Crippen LogP contribution is -2.41. The number of nitrogen functional groups attached to an aromatic ring is 1. The maximum absolute atomic E-state index is 12.9. The van der Waals surface area contributed by atoms with E-state index in [1.165, 1.54) is 0 Å². The maximum atomic E-state index is 12.9.